The van der Waals surface area contributed by atoms with Crippen LogP contribution in [0.2, 0.25) is 0 Å². The average Bonchev–Trinajstić information content (AvgIpc) is 2.99. The largest absolute Gasteiger partial charge is 0.349 e. The van der Waals surface area contributed by atoms with Gasteiger partial charge in [-0.05, 0) is 55.7 Å². The molecule has 0 spiro atoms. The second-order valence-corrected chi connectivity index (χ2v) is 7.14. The number of nitrogens with two attached hydrogens (primary N) is 1. The highest BCUT2D eigenvalue weighted by Crippen LogP contribution is 2.47. The Morgan fingerprint density at radius 3 is 2.71 bits per heavy atom. The van der Waals surface area contributed by atoms with Gasteiger partial charge in [0.1, 0.15) is 0 Å². The van der Waals surface area contributed by atoms with Gasteiger partial charge in [0, 0.05) is 10.5 Å². The lowest BCUT2D eigenvalue weighted by Crippen LogP contribution is -2.45. The number of carbonyl (C=O) groups is 1. The Morgan fingerprint density at radius 1 is 1.38 bits per heavy atom. The Kier molecular flexibility index (Phi) is 5.33. The molecule has 2 saturated carbocycles. The van der Waals surface area contributed by atoms with Gasteiger partial charge in [-0.3, -0.25) is 4.79 Å². The van der Waals surface area contributed by atoms with Crippen molar-refractivity contribution in [2.75, 3.05) is 0 Å². The Balaban J connectivity index is 0.00000161. The molecule has 1 aromatic carbocycles. The molecule has 1 aromatic rings. The Labute approximate surface area is 140 Å². The molecule has 5 atom stereocenters. The van der Waals surface area contributed by atoms with Gasteiger partial charge in [-0.25, -0.2) is 0 Å². The lowest BCUT2D eigenvalue weighted by atomic mass is 9.84. The molecule has 0 saturated heterocycles. The molecule has 0 aromatic heterocycles. The molecule has 5 heteroatoms. The summed E-state index contributed by atoms with van der Waals surface area (Å²) in [6, 6.07) is 8.15. The van der Waals surface area contributed by atoms with E-state index < -0.39 is 0 Å². The number of benzene rings is 1. The number of carbonyl (C=O) groups excluding carboxylic acids is 1. The first-order valence-corrected chi connectivity index (χ1v) is 8.17. The summed E-state index contributed by atoms with van der Waals surface area (Å²) < 4.78 is 1.03. The van der Waals surface area contributed by atoms with Crippen LogP contribution in [0.25, 0.3) is 0 Å². The maximum atomic E-state index is 12.5. The fourth-order valence-corrected chi connectivity index (χ4v) is 4.31. The van der Waals surface area contributed by atoms with Gasteiger partial charge in [-0.2, -0.15) is 0 Å². The molecular formula is C16H22BrClN2O. The van der Waals surface area contributed by atoms with Gasteiger partial charge in [0.25, 0.3) is 0 Å². The molecule has 0 radical (unpaired) electrons. The van der Waals surface area contributed by atoms with Crippen molar-refractivity contribution in [3.8, 4) is 0 Å². The van der Waals surface area contributed by atoms with Crippen molar-refractivity contribution in [1.29, 1.82) is 0 Å². The summed E-state index contributed by atoms with van der Waals surface area (Å²) in [6.07, 6.45) is 3.52. The molecule has 116 valence electrons. The van der Waals surface area contributed by atoms with E-state index in [0.29, 0.717) is 11.8 Å². The van der Waals surface area contributed by atoms with Crippen molar-refractivity contribution in [3.05, 3.63) is 34.3 Å². The third-order valence-corrected chi connectivity index (χ3v) is 5.48. The molecule has 2 aliphatic carbocycles. The van der Waals surface area contributed by atoms with Crippen LogP contribution in [0.1, 0.15) is 37.8 Å². The normalized spacial score (nSPS) is 31.6. The second kappa shape index (κ2) is 6.67. The van der Waals surface area contributed by atoms with Crippen LogP contribution in [-0.2, 0) is 4.79 Å². The highest BCUT2D eigenvalue weighted by Gasteiger charge is 2.49. The molecule has 3 nitrogen and oxygen atoms in total. The van der Waals surface area contributed by atoms with E-state index in [0.717, 1.165) is 16.5 Å². The van der Waals surface area contributed by atoms with Crippen LogP contribution in [0.3, 0.4) is 0 Å². The van der Waals surface area contributed by atoms with Crippen molar-refractivity contribution < 1.29 is 4.79 Å². The van der Waals surface area contributed by atoms with E-state index >= 15 is 0 Å². The first-order valence-electron chi connectivity index (χ1n) is 7.37. The first-order chi connectivity index (χ1) is 9.56. The second-order valence-electron chi connectivity index (χ2n) is 6.22. The zero-order valence-electron chi connectivity index (χ0n) is 12.1. The summed E-state index contributed by atoms with van der Waals surface area (Å²) in [4.78, 5) is 12.5. The molecule has 0 aliphatic heterocycles. The minimum absolute atomic E-state index is 0. The van der Waals surface area contributed by atoms with Crippen LogP contribution in [0.4, 0.5) is 0 Å². The first kappa shape index (κ1) is 16.8. The fraction of sp³-hybridized carbons (Fsp3) is 0.562. The molecule has 0 heterocycles. The van der Waals surface area contributed by atoms with Crippen molar-refractivity contribution >= 4 is 34.2 Å². The van der Waals surface area contributed by atoms with E-state index in [-0.39, 0.29) is 36.3 Å². The van der Waals surface area contributed by atoms with Gasteiger partial charge < -0.3 is 11.1 Å². The van der Waals surface area contributed by atoms with E-state index in [2.05, 4.69) is 21.2 Å². The topological polar surface area (TPSA) is 55.1 Å². The lowest BCUT2D eigenvalue weighted by Gasteiger charge is -2.28. The summed E-state index contributed by atoms with van der Waals surface area (Å²) in [5.74, 6) is 1.22. The predicted molar refractivity (Wildman–Crippen MR) is 90.2 cm³/mol. The van der Waals surface area contributed by atoms with Gasteiger partial charge in [0.05, 0.1) is 12.0 Å². The van der Waals surface area contributed by atoms with Crippen molar-refractivity contribution in [2.45, 2.75) is 38.3 Å². The van der Waals surface area contributed by atoms with Crippen LogP contribution in [0, 0.1) is 17.8 Å². The zero-order chi connectivity index (χ0) is 14.3. The van der Waals surface area contributed by atoms with Crippen LogP contribution in [0.15, 0.2) is 28.7 Å². The molecule has 2 fully saturated rings. The Bertz CT molecular complexity index is 523. The van der Waals surface area contributed by atoms with Gasteiger partial charge in [-0.15, -0.1) is 12.4 Å². The molecule has 3 rings (SSSR count). The molecule has 5 unspecified atom stereocenters. The summed E-state index contributed by atoms with van der Waals surface area (Å²) in [6.45, 7) is 2.03. The van der Waals surface area contributed by atoms with Crippen molar-refractivity contribution in [3.63, 3.8) is 0 Å². The van der Waals surface area contributed by atoms with Gasteiger partial charge in [-0.1, -0.05) is 28.1 Å². The molecule has 3 N–H and O–H groups in total. The van der Waals surface area contributed by atoms with Crippen molar-refractivity contribution in [1.82, 2.24) is 5.32 Å². The number of nitrogens with one attached hydrogen (secondary N) is 1. The molecule has 1 amide bonds. The monoisotopic (exact) mass is 372 g/mol. The Morgan fingerprint density at radius 2 is 2.10 bits per heavy atom. The van der Waals surface area contributed by atoms with Gasteiger partial charge in [0.15, 0.2) is 0 Å². The summed E-state index contributed by atoms with van der Waals surface area (Å²) in [5, 5.41) is 3.14. The fourth-order valence-electron chi connectivity index (χ4n) is 3.89. The SMILES string of the molecule is CC(NC(=O)C1C2CCC(C2)C1N)c1cccc(Br)c1.Cl. The third kappa shape index (κ3) is 3.27. The standard InChI is InChI=1S/C16H21BrN2O.ClH/c1-9(10-3-2-4-13(17)8-10)19-16(20)14-11-5-6-12(7-11)15(14)18;/h2-4,8-9,11-12,14-15H,5-7,18H2,1H3,(H,19,20);1H. The highest BCUT2D eigenvalue weighted by atomic mass is 79.9. The van der Waals surface area contributed by atoms with Crippen LogP contribution in [0.5, 0.6) is 0 Å². The van der Waals surface area contributed by atoms with Gasteiger partial charge in [0.2, 0.25) is 5.91 Å². The van der Waals surface area contributed by atoms with E-state index in [1.165, 1.54) is 12.8 Å². The summed E-state index contributed by atoms with van der Waals surface area (Å²) in [5.41, 5.74) is 7.35. The highest BCUT2D eigenvalue weighted by molar-refractivity contribution is 9.10. The van der Waals surface area contributed by atoms with E-state index in [1.54, 1.807) is 0 Å². The third-order valence-electron chi connectivity index (χ3n) is 4.99. The maximum Gasteiger partial charge on any atom is 0.225 e. The number of fused-ring (bicyclic) bond motifs is 2. The van der Waals surface area contributed by atoms with E-state index in [1.807, 2.05) is 31.2 Å². The zero-order valence-corrected chi connectivity index (χ0v) is 14.5. The quantitative estimate of drug-likeness (QED) is 0.853. The number of hydrogen-bond acceptors (Lipinski definition) is 2. The maximum absolute atomic E-state index is 12.5. The average molecular weight is 374 g/mol. The summed E-state index contributed by atoms with van der Waals surface area (Å²) in [7, 11) is 0. The van der Waals surface area contributed by atoms with E-state index in [4.69, 9.17) is 5.73 Å². The molecule has 2 aliphatic rings. The smallest absolute Gasteiger partial charge is 0.225 e. The van der Waals surface area contributed by atoms with E-state index in [9.17, 15) is 4.79 Å². The minimum Gasteiger partial charge on any atom is -0.349 e. The minimum atomic E-state index is 0. The molecule has 21 heavy (non-hydrogen) atoms. The predicted octanol–water partition coefficient (Wildman–Crippen LogP) is 3.42. The lowest BCUT2D eigenvalue weighted by molar-refractivity contribution is -0.127. The number of hydrogen-bond donors (Lipinski definition) is 2. The molecule has 2 bridgehead atoms. The van der Waals surface area contributed by atoms with Gasteiger partial charge >= 0.3 is 0 Å². The summed E-state index contributed by atoms with van der Waals surface area (Å²) >= 11 is 3.47. The van der Waals surface area contributed by atoms with Crippen molar-refractivity contribution in [2.24, 2.45) is 23.5 Å². The number of amides is 1. The Hall–Kier alpha value is -0.580. The number of halogens is 2. The molecular weight excluding hydrogens is 352 g/mol. The number of rotatable bonds is 3. The van der Waals surface area contributed by atoms with Crippen LogP contribution in [-0.4, -0.2) is 11.9 Å². The van der Waals surface area contributed by atoms with Crippen LogP contribution < -0.4 is 11.1 Å². The van der Waals surface area contributed by atoms with Crippen LogP contribution >= 0.6 is 28.3 Å².